The first-order valence-electron chi connectivity index (χ1n) is 9.23. The fraction of sp³-hybridized carbons (Fsp3) is 0. The Balaban J connectivity index is 1.61. The van der Waals surface area contributed by atoms with Crippen molar-refractivity contribution in [3.8, 4) is 22.9 Å². The number of aromatic nitrogens is 2. The molecule has 5 rings (SSSR count). The Kier molecular flexibility index (Phi) is 4.18. The molecule has 2 aromatic heterocycles. The van der Waals surface area contributed by atoms with Gasteiger partial charge in [-0.25, -0.2) is 4.68 Å². The molecule has 5 heteroatoms. The smallest absolute Gasteiger partial charge is 0.156 e. The first-order valence-corrected chi connectivity index (χ1v) is 9.23. The third kappa shape index (κ3) is 3.41. The molecule has 2 heterocycles. The van der Waals surface area contributed by atoms with Crippen LogP contribution in [0.5, 0.6) is 5.75 Å². The van der Waals surface area contributed by atoms with Crippen LogP contribution in [-0.2, 0) is 0 Å². The number of phenolic OH excluding ortho intramolecular Hbond substituents is 1. The van der Waals surface area contributed by atoms with E-state index in [0.717, 1.165) is 27.9 Å². The number of furan rings is 1. The molecule has 0 amide bonds. The van der Waals surface area contributed by atoms with E-state index in [-0.39, 0.29) is 5.75 Å². The number of fused-ring (bicyclic) bond motifs is 1. The molecule has 1 N–H and O–H groups in total. The van der Waals surface area contributed by atoms with Crippen LogP contribution in [0.3, 0.4) is 0 Å². The van der Waals surface area contributed by atoms with Gasteiger partial charge >= 0.3 is 0 Å². The maximum Gasteiger partial charge on any atom is 0.156 e. The number of aromatic hydroxyl groups is 1. The lowest BCUT2D eigenvalue weighted by Gasteiger charge is -1.98. The van der Waals surface area contributed by atoms with Gasteiger partial charge in [0.1, 0.15) is 17.0 Å². The second kappa shape index (κ2) is 7.13. The summed E-state index contributed by atoms with van der Waals surface area (Å²) in [5.74, 6) is 0.900. The topological polar surface area (TPSA) is 63.6 Å². The van der Waals surface area contributed by atoms with Crippen LogP contribution in [-0.4, -0.2) is 21.1 Å². The number of phenols is 1. The molecule has 0 aliphatic heterocycles. The summed E-state index contributed by atoms with van der Waals surface area (Å²) in [6.45, 7) is 0. The normalized spacial score (nSPS) is 11.4. The number of hydrogen-bond acceptors (Lipinski definition) is 4. The van der Waals surface area contributed by atoms with Gasteiger partial charge in [-0.3, -0.25) is 4.99 Å². The molecule has 3 aromatic carbocycles. The molecule has 0 spiro atoms. The maximum atomic E-state index is 9.46. The van der Waals surface area contributed by atoms with Gasteiger partial charge in [-0.15, -0.1) is 0 Å². The number of aliphatic imine (C=N–C) groups is 1. The summed E-state index contributed by atoms with van der Waals surface area (Å²) in [4.78, 5) is 4.53. The molecule has 0 unspecified atom stereocenters. The molecule has 0 atom stereocenters. The molecule has 5 nitrogen and oxygen atoms in total. The molecule has 29 heavy (non-hydrogen) atoms. The van der Waals surface area contributed by atoms with Crippen molar-refractivity contribution in [3.05, 3.63) is 96.7 Å². The summed E-state index contributed by atoms with van der Waals surface area (Å²) in [6, 6.07) is 26.5. The highest BCUT2D eigenvalue weighted by atomic mass is 16.3. The van der Waals surface area contributed by atoms with Crippen molar-refractivity contribution in [2.45, 2.75) is 0 Å². The first kappa shape index (κ1) is 17.0. The zero-order valence-electron chi connectivity index (χ0n) is 15.4. The van der Waals surface area contributed by atoms with Crippen molar-refractivity contribution in [1.29, 1.82) is 0 Å². The second-order valence-corrected chi connectivity index (χ2v) is 6.64. The molecular weight excluding hydrogens is 362 g/mol. The van der Waals surface area contributed by atoms with Gasteiger partial charge in [-0.1, -0.05) is 36.4 Å². The van der Waals surface area contributed by atoms with Gasteiger partial charge in [0.05, 0.1) is 11.4 Å². The third-order valence-electron chi connectivity index (χ3n) is 4.62. The Morgan fingerprint density at radius 2 is 1.66 bits per heavy atom. The Morgan fingerprint density at radius 3 is 2.45 bits per heavy atom. The largest absolute Gasteiger partial charge is 0.508 e. The summed E-state index contributed by atoms with van der Waals surface area (Å²) in [5, 5.41) is 15.2. The van der Waals surface area contributed by atoms with Crippen LogP contribution in [0, 0.1) is 0 Å². The standard InChI is InChI=1S/C24H17N3O2/c28-21-12-10-19(11-13-21)25-15-18-16-27(20-7-2-1-3-8-20)26-24(18)23-14-17-6-4-5-9-22(17)29-23/h1-16,28H. The first-order chi connectivity index (χ1) is 14.3. The van der Waals surface area contributed by atoms with Crippen LogP contribution in [0.15, 0.2) is 101 Å². The second-order valence-electron chi connectivity index (χ2n) is 6.64. The Labute approximate surface area is 167 Å². The zero-order chi connectivity index (χ0) is 19.6. The van der Waals surface area contributed by atoms with Crippen LogP contribution in [0.25, 0.3) is 28.1 Å². The van der Waals surface area contributed by atoms with E-state index in [1.54, 1.807) is 30.5 Å². The third-order valence-corrected chi connectivity index (χ3v) is 4.62. The molecule has 0 fully saturated rings. The predicted octanol–water partition coefficient (Wildman–Crippen LogP) is 5.74. The maximum absolute atomic E-state index is 9.46. The number of rotatable bonds is 4. The molecule has 0 radical (unpaired) electrons. The molecule has 5 aromatic rings. The quantitative estimate of drug-likeness (QED) is 0.405. The average Bonchev–Trinajstić information content (AvgIpc) is 3.38. The Hall–Kier alpha value is -4.12. The van der Waals surface area contributed by atoms with Crippen LogP contribution in [0.1, 0.15) is 5.56 Å². The zero-order valence-corrected chi connectivity index (χ0v) is 15.4. The Morgan fingerprint density at radius 1 is 0.897 bits per heavy atom. The summed E-state index contributed by atoms with van der Waals surface area (Å²) < 4.78 is 7.86. The van der Waals surface area contributed by atoms with Crippen LogP contribution in [0.2, 0.25) is 0 Å². The molecule has 0 bridgehead atoms. The minimum absolute atomic E-state index is 0.212. The Bertz CT molecular complexity index is 1270. The van der Waals surface area contributed by atoms with E-state index in [1.807, 2.05) is 71.5 Å². The van der Waals surface area contributed by atoms with Crippen molar-refractivity contribution in [3.63, 3.8) is 0 Å². The number of para-hydroxylation sites is 2. The highest BCUT2D eigenvalue weighted by Gasteiger charge is 2.15. The highest BCUT2D eigenvalue weighted by Crippen LogP contribution is 2.29. The van der Waals surface area contributed by atoms with Crippen LogP contribution >= 0.6 is 0 Å². The SMILES string of the molecule is Oc1ccc(N=Cc2cn(-c3ccccc3)nc2-c2cc3ccccc3o2)cc1. The van der Waals surface area contributed by atoms with E-state index in [2.05, 4.69) is 4.99 Å². The monoisotopic (exact) mass is 379 g/mol. The lowest BCUT2D eigenvalue weighted by molar-refractivity contribution is 0.475. The molecule has 0 saturated carbocycles. The van der Waals surface area contributed by atoms with Crippen molar-refractivity contribution in [2.24, 2.45) is 4.99 Å². The lowest BCUT2D eigenvalue weighted by atomic mass is 10.2. The molecule has 0 saturated heterocycles. The van der Waals surface area contributed by atoms with E-state index in [9.17, 15) is 5.11 Å². The average molecular weight is 379 g/mol. The number of benzene rings is 3. The van der Waals surface area contributed by atoms with Crippen molar-refractivity contribution in [1.82, 2.24) is 9.78 Å². The van der Waals surface area contributed by atoms with Gasteiger partial charge < -0.3 is 9.52 Å². The molecule has 0 aliphatic rings. The summed E-state index contributed by atoms with van der Waals surface area (Å²) in [5.41, 5.74) is 4.06. The van der Waals surface area contributed by atoms with E-state index >= 15 is 0 Å². The van der Waals surface area contributed by atoms with Gasteiger partial charge in [0.2, 0.25) is 0 Å². The van der Waals surface area contributed by atoms with Crippen molar-refractivity contribution >= 4 is 22.9 Å². The summed E-state index contributed by atoms with van der Waals surface area (Å²) in [7, 11) is 0. The fourth-order valence-electron chi connectivity index (χ4n) is 3.17. The fourth-order valence-corrected chi connectivity index (χ4v) is 3.17. The van der Waals surface area contributed by atoms with Gasteiger partial charge in [0.15, 0.2) is 5.76 Å². The van der Waals surface area contributed by atoms with Gasteiger partial charge in [-0.2, -0.15) is 5.10 Å². The van der Waals surface area contributed by atoms with Gasteiger partial charge in [0.25, 0.3) is 0 Å². The van der Waals surface area contributed by atoms with E-state index < -0.39 is 0 Å². The van der Waals surface area contributed by atoms with E-state index in [1.165, 1.54) is 0 Å². The van der Waals surface area contributed by atoms with E-state index in [4.69, 9.17) is 9.52 Å². The van der Waals surface area contributed by atoms with E-state index in [0.29, 0.717) is 11.5 Å². The minimum Gasteiger partial charge on any atom is -0.508 e. The minimum atomic E-state index is 0.212. The van der Waals surface area contributed by atoms with Crippen LogP contribution < -0.4 is 0 Å². The molecule has 0 aliphatic carbocycles. The number of nitrogens with zero attached hydrogens (tertiary/aromatic N) is 3. The molecule has 140 valence electrons. The predicted molar refractivity (Wildman–Crippen MR) is 114 cm³/mol. The van der Waals surface area contributed by atoms with Crippen molar-refractivity contribution < 1.29 is 9.52 Å². The number of hydrogen-bond donors (Lipinski definition) is 1. The summed E-state index contributed by atoms with van der Waals surface area (Å²) >= 11 is 0. The lowest BCUT2D eigenvalue weighted by Crippen LogP contribution is -1.93. The van der Waals surface area contributed by atoms with Gasteiger partial charge in [-0.05, 0) is 48.5 Å². The van der Waals surface area contributed by atoms with Gasteiger partial charge in [0, 0.05) is 23.4 Å². The highest BCUT2D eigenvalue weighted by molar-refractivity contribution is 5.91. The molecular formula is C24H17N3O2. The van der Waals surface area contributed by atoms with Crippen LogP contribution in [0.4, 0.5) is 5.69 Å². The van der Waals surface area contributed by atoms with Crippen molar-refractivity contribution in [2.75, 3.05) is 0 Å². The summed E-state index contributed by atoms with van der Waals surface area (Å²) in [6.07, 6.45) is 3.70.